The van der Waals surface area contributed by atoms with Gasteiger partial charge in [-0.2, -0.15) is 0 Å². The van der Waals surface area contributed by atoms with E-state index in [1.165, 1.54) is 13.2 Å². The molecule has 0 radical (unpaired) electrons. The van der Waals surface area contributed by atoms with E-state index in [0.29, 0.717) is 0 Å². The number of carbonyl (C=O) groups excluding carboxylic acids is 1. The molecule has 0 fully saturated rings. The highest BCUT2D eigenvalue weighted by Gasteiger charge is 2.16. The third-order valence-electron chi connectivity index (χ3n) is 2.86. The van der Waals surface area contributed by atoms with Crippen molar-refractivity contribution in [1.82, 2.24) is 5.32 Å². The SMILES string of the molecule is COC(CNC(=O)/C=C/c1ccc(N(C)C)cc1)C(=O)O. The summed E-state index contributed by atoms with van der Waals surface area (Å²) in [7, 11) is 5.19. The molecule has 1 atom stereocenters. The van der Waals surface area contributed by atoms with Crippen molar-refractivity contribution in [2.24, 2.45) is 0 Å². The maximum Gasteiger partial charge on any atom is 0.334 e. The predicted octanol–water partition coefficient (Wildman–Crippen LogP) is 0.982. The first-order valence-electron chi connectivity index (χ1n) is 6.43. The second-order valence-corrected chi connectivity index (χ2v) is 4.63. The van der Waals surface area contributed by atoms with Crippen LogP contribution in [0.2, 0.25) is 0 Å². The number of aliphatic carboxylic acids is 1. The van der Waals surface area contributed by atoms with Gasteiger partial charge in [-0.15, -0.1) is 0 Å². The number of ether oxygens (including phenoxy) is 1. The number of hydrogen-bond donors (Lipinski definition) is 2. The average Bonchev–Trinajstić information content (AvgIpc) is 2.45. The third-order valence-corrected chi connectivity index (χ3v) is 2.86. The maximum absolute atomic E-state index is 11.6. The number of hydrogen-bond acceptors (Lipinski definition) is 4. The van der Waals surface area contributed by atoms with Crippen molar-refractivity contribution in [2.45, 2.75) is 6.10 Å². The van der Waals surface area contributed by atoms with Crippen LogP contribution < -0.4 is 10.2 Å². The fourth-order valence-electron chi connectivity index (χ4n) is 1.58. The van der Waals surface area contributed by atoms with Crippen LogP contribution in [0.4, 0.5) is 5.69 Å². The van der Waals surface area contributed by atoms with E-state index in [1.54, 1.807) is 6.08 Å². The van der Waals surface area contributed by atoms with Gasteiger partial charge in [0, 0.05) is 33.0 Å². The minimum atomic E-state index is -1.11. The van der Waals surface area contributed by atoms with Crippen LogP contribution in [-0.4, -0.2) is 50.8 Å². The van der Waals surface area contributed by atoms with Crippen molar-refractivity contribution in [3.63, 3.8) is 0 Å². The second-order valence-electron chi connectivity index (χ2n) is 4.63. The van der Waals surface area contributed by atoms with Gasteiger partial charge in [0.2, 0.25) is 5.91 Å². The lowest BCUT2D eigenvalue weighted by atomic mass is 10.2. The van der Waals surface area contributed by atoms with Gasteiger partial charge in [-0.3, -0.25) is 4.79 Å². The lowest BCUT2D eigenvalue weighted by molar-refractivity contribution is -0.148. The minimum Gasteiger partial charge on any atom is -0.479 e. The van der Waals surface area contributed by atoms with E-state index in [4.69, 9.17) is 9.84 Å². The molecule has 1 aromatic rings. The smallest absolute Gasteiger partial charge is 0.334 e. The van der Waals surface area contributed by atoms with E-state index in [-0.39, 0.29) is 12.5 Å². The standard InChI is InChI=1S/C15H20N2O4/c1-17(2)12-7-4-11(5-8-12)6-9-14(18)16-10-13(21-3)15(19)20/h4-9,13H,10H2,1-3H3,(H,16,18)(H,19,20)/b9-6+. The van der Waals surface area contributed by atoms with Crippen LogP contribution in [0.1, 0.15) is 5.56 Å². The van der Waals surface area contributed by atoms with E-state index < -0.39 is 12.1 Å². The van der Waals surface area contributed by atoms with E-state index >= 15 is 0 Å². The summed E-state index contributed by atoms with van der Waals surface area (Å²) in [4.78, 5) is 24.3. The third kappa shape index (κ3) is 5.66. The van der Waals surface area contributed by atoms with Crippen LogP contribution in [0.15, 0.2) is 30.3 Å². The van der Waals surface area contributed by atoms with Gasteiger partial charge in [0.1, 0.15) is 0 Å². The van der Waals surface area contributed by atoms with Crippen LogP contribution in [0.3, 0.4) is 0 Å². The molecule has 1 amide bonds. The number of carbonyl (C=O) groups is 2. The van der Waals surface area contributed by atoms with E-state index in [9.17, 15) is 9.59 Å². The average molecular weight is 292 g/mol. The topological polar surface area (TPSA) is 78.9 Å². The number of carboxylic acids is 1. The Morgan fingerprint density at radius 1 is 1.33 bits per heavy atom. The zero-order valence-electron chi connectivity index (χ0n) is 12.4. The van der Waals surface area contributed by atoms with Crippen LogP contribution in [0.5, 0.6) is 0 Å². The number of anilines is 1. The summed E-state index contributed by atoms with van der Waals surface area (Å²) in [5, 5.41) is 11.2. The number of benzene rings is 1. The van der Waals surface area contributed by atoms with E-state index in [1.807, 2.05) is 43.3 Å². The van der Waals surface area contributed by atoms with Gasteiger partial charge in [0.05, 0.1) is 6.54 Å². The number of amides is 1. The Morgan fingerprint density at radius 3 is 2.43 bits per heavy atom. The Balaban J connectivity index is 2.52. The highest BCUT2D eigenvalue weighted by molar-refractivity contribution is 5.92. The molecule has 1 unspecified atom stereocenters. The highest BCUT2D eigenvalue weighted by atomic mass is 16.5. The van der Waals surface area contributed by atoms with E-state index in [2.05, 4.69) is 5.32 Å². The zero-order valence-corrected chi connectivity index (χ0v) is 12.4. The second kappa shape index (κ2) is 8.06. The van der Waals surface area contributed by atoms with Crippen LogP contribution in [0, 0.1) is 0 Å². The lowest BCUT2D eigenvalue weighted by Crippen LogP contribution is -2.37. The van der Waals surface area contributed by atoms with Crippen molar-refractivity contribution in [2.75, 3.05) is 32.6 Å². The molecule has 0 aromatic heterocycles. The van der Waals surface area contributed by atoms with Gasteiger partial charge < -0.3 is 20.1 Å². The normalized spacial score (nSPS) is 12.1. The van der Waals surface area contributed by atoms with Crippen molar-refractivity contribution < 1.29 is 19.4 Å². The molecule has 6 nitrogen and oxygen atoms in total. The van der Waals surface area contributed by atoms with Crippen molar-refractivity contribution in [3.05, 3.63) is 35.9 Å². The Kier molecular flexibility index (Phi) is 6.42. The Labute approximate surface area is 124 Å². The molecule has 0 saturated carbocycles. The molecule has 0 aliphatic heterocycles. The number of rotatable bonds is 7. The predicted molar refractivity (Wildman–Crippen MR) is 81.2 cm³/mol. The summed E-state index contributed by atoms with van der Waals surface area (Å²) < 4.78 is 4.72. The van der Waals surface area contributed by atoms with Gasteiger partial charge >= 0.3 is 5.97 Å². The monoisotopic (exact) mass is 292 g/mol. The molecular weight excluding hydrogens is 272 g/mol. The first-order valence-corrected chi connectivity index (χ1v) is 6.43. The molecule has 0 bridgehead atoms. The lowest BCUT2D eigenvalue weighted by Gasteiger charge is -2.11. The maximum atomic E-state index is 11.6. The zero-order chi connectivity index (χ0) is 15.8. The molecular formula is C15H20N2O4. The van der Waals surface area contributed by atoms with Gasteiger partial charge in [0.15, 0.2) is 6.10 Å². The number of nitrogens with zero attached hydrogens (tertiary/aromatic N) is 1. The van der Waals surface area contributed by atoms with Crippen LogP contribution >= 0.6 is 0 Å². The summed E-state index contributed by atoms with van der Waals surface area (Å²) in [5.41, 5.74) is 1.96. The van der Waals surface area contributed by atoms with Gasteiger partial charge in [-0.05, 0) is 23.8 Å². The largest absolute Gasteiger partial charge is 0.479 e. The molecule has 21 heavy (non-hydrogen) atoms. The van der Waals surface area contributed by atoms with Crippen molar-refractivity contribution >= 4 is 23.6 Å². The van der Waals surface area contributed by atoms with E-state index in [0.717, 1.165) is 11.3 Å². The first-order chi connectivity index (χ1) is 9.93. The fraction of sp³-hybridized carbons (Fsp3) is 0.333. The van der Waals surface area contributed by atoms with Gasteiger partial charge in [0.25, 0.3) is 0 Å². The van der Waals surface area contributed by atoms with Gasteiger partial charge in [-0.1, -0.05) is 12.1 Å². The molecule has 0 aliphatic rings. The molecule has 1 rings (SSSR count). The molecule has 114 valence electrons. The highest BCUT2D eigenvalue weighted by Crippen LogP contribution is 2.12. The number of methoxy groups -OCH3 is 1. The summed E-state index contributed by atoms with van der Waals surface area (Å²) in [6.45, 7) is -0.0748. The minimum absolute atomic E-state index is 0.0748. The fourth-order valence-corrected chi connectivity index (χ4v) is 1.58. The molecule has 2 N–H and O–H groups in total. The van der Waals surface area contributed by atoms with Crippen LogP contribution in [-0.2, 0) is 14.3 Å². The van der Waals surface area contributed by atoms with Gasteiger partial charge in [-0.25, -0.2) is 4.79 Å². The van der Waals surface area contributed by atoms with Crippen molar-refractivity contribution in [1.29, 1.82) is 0 Å². The quantitative estimate of drug-likeness (QED) is 0.732. The molecule has 6 heteroatoms. The summed E-state index contributed by atoms with van der Waals surface area (Å²) in [6, 6.07) is 7.69. The van der Waals surface area contributed by atoms with Crippen molar-refractivity contribution in [3.8, 4) is 0 Å². The molecule has 0 heterocycles. The first kappa shape index (κ1) is 16.7. The Bertz CT molecular complexity index is 509. The summed E-state index contributed by atoms with van der Waals surface area (Å²) >= 11 is 0. The molecule has 0 aliphatic carbocycles. The summed E-state index contributed by atoms with van der Waals surface area (Å²) in [5.74, 6) is -1.48. The number of carboxylic acid groups (broad SMARTS) is 1. The van der Waals surface area contributed by atoms with Crippen LogP contribution in [0.25, 0.3) is 6.08 Å². The summed E-state index contributed by atoms with van der Waals surface area (Å²) in [6.07, 6.45) is 1.98. The Hall–Kier alpha value is -2.34. The Morgan fingerprint density at radius 2 is 1.95 bits per heavy atom. The molecule has 0 spiro atoms. The molecule has 1 aromatic carbocycles. The molecule has 0 saturated heterocycles. The number of nitrogens with one attached hydrogen (secondary N) is 1.